The van der Waals surface area contributed by atoms with Crippen LogP contribution in [0, 0.1) is 0 Å². The Morgan fingerprint density at radius 2 is 2.00 bits per heavy atom. The minimum Gasteiger partial charge on any atom is -0.313 e. The van der Waals surface area contributed by atoms with E-state index in [2.05, 4.69) is 34.3 Å². The number of rotatable bonds is 3. The van der Waals surface area contributed by atoms with E-state index in [0.717, 1.165) is 5.56 Å². The quantitative estimate of drug-likeness (QED) is 0.861. The normalized spacial score (nSPS) is 12.7. The third kappa shape index (κ3) is 2.22. The summed E-state index contributed by atoms with van der Waals surface area (Å²) in [5.74, 6) is 0. The van der Waals surface area contributed by atoms with Gasteiger partial charge >= 0.3 is 0 Å². The summed E-state index contributed by atoms with van der Waals surface area (Å²) >= 11 is 1.78. The molecule has 0 spiro atoms. The molecule has 2 aromatic heterocycles. The van der Waals surface area contributed by atoms with E-state index in [0.29, 0.717) is 6.04 Å². The predicted molar refractivity (Wildman–Crippen MR) is 62.8 cm³/mol. The highest BCUT2D eigenvalue weighted by atomic mass is 32.1. The molecule has 15 heavy (non-hydrogen) atoms. The third-order valence-corrected chi connectivity index (χ3v) is 3.65. The summed E-state index contributed by atoms with van der Waals surface area (Å²) in [5, 5.41) is 3.23. The molecule has 0 aliphatic heterocycles. The van der Waals surface area contributed by atoms with Gasteiger partial charge in [0.05, 0.1) is 0 Å². The Morgan fingerprint density at radius 3 is 2.67 bits per heavy atom. The molecule has 2 rings (SSSR count). The summed E-state index contributed by atoms with van der Waals surface area (Å²) in [6, 6.07) is 4.66. The second-order valence-electron chi connectivity index (χ2n) is 3.34. The molecule has 0 radical (unpaired) electrons. The van der Waals surface area contributed by atoms with Crippen molar-refractivity contribution in [1.29, 1.82) is 0 Å². The van der Waals surface area contributed by atoms with Crippen LogP contribution in [0.25, 0.3) is 10.4 Å². The predicted octanol–water partition coefficient (Wildman–Crippen LogP) is 2.49. The third-order valence-electron chi connectivity index (χ3n) is 2.33. The van der Waals surface area contributed by atoms with Crippen LogP contribution in [-0.4, -0.2) is 17.0 Å². The molecule has 1 atom stereocenters. The van der Waals surface area contributed by atoms with Gasteiger partial charge in [0.15, 0.2) is 0 Å². The minimum absolute atomic E-state index is 0.397. The van der Waals surface area contributed by atoms with E-state index in [9.17, 15) is 0 Å². The SMILES string of the molecule is CNC(C)c1ccc(-c2cncnc2)s1. The number of hydrogen-bond acceptors (Lipinski definition) is 4. The van der Waals surface area contributed by atoms with Crippen LogP contribution in [0.1, 0.15) is 17.8 Å². The molecule has 2 aromatic rings. The maximum absolute atomic E-state index is 4.02. The maximum atomic E-state index is 4.02. The Bertz CT molecular complexity index is 424. The highest BCUT2D eigenvalue weighted by Gasteiger charge is 2.07. The summed E-state index contributed by atoms with van der Waals surface area (Å²) in [6.07, 6.45) is 5.23. The van der Waals surface area contributed by atoms with Crippen LogP contribution >= 0.6 is 11.3 Å². The second kappa shape index (κ2) is 4.51. The van der Waals surface area contributed by atoms with Crippen molar-refractivity contribution in [3.63, 3.8) is 0 Å². The van der Waals surface area contributed by atoms with Gasteiger partial charge in [-0.1, -0.05) is 0 Å². The first-order chi connectivity index (χ1) is 7.31. The summed E-state index contributed by atoms with van der Waals surface area (Å²) in [6.45, 7) is 2.15. The molecule has 1 unspecified atom stereocenters. The molecule has 0 aliphatic carbocycles. The van der Waals surface area contributed by atoms with Crippen LogP contribution in [0.3, 0.4) is 0 Å². The molecule has 0 fully saturated rings. The highest BCUT2D eigenvalue weighted by Crippen LogP contribution is 2.30. The monoisotopic (exact) mass is 219 g/mol. The average Bonchev–Trinajstić information content (AvgIpc) is 2.78. The van der Waals surface area contributed by atoms with E-state index in [1.54, 1.807) is 17.7 Å². The van der Waals surface area contributed by atoms with Crippen molar-refractivity contribution in [2.75, 3.05) is 7.05 Å². The Hall–Kier alpha value is -1.26. The lowest BCUT2D eigenvalue weighted by Crippen LogP contribution is -2.10. The van der Waals surface area contributed by atoms with E-state index in [-0.39, 0.29) is 0 Å². The summed E-state index contributed by atoms with van der Waals surface area (Å²) < 4.78 is 0. The van der Waals surface area contributed by atoms with Gasteiger partial charge in [0, 0.05) is 33.8 Å². The first-order valence-electron chi connectivity index (χ1n) is 4.83. The lowest BCUT2D eigenvalue weighted by Gasteiger charge is -2.05. The van der Waals surface area contributed by atoms with Crippen molar-refractivity contribution in [1.82, 2.24) is 15.3 Å². The largest absolute Gasteiger partial charge is 0.313 e. The van der Waals surface area contributed by atoms with E-state index >= 15 is 0 Å². The van der Waals surface area contributed by atoms with Crippen molar-refractivity contribution >= 4 is 11.3 Å². The van der Waals surface area contributed by atoms with Crippen LogP contribution in [0.15, 0.2) is 30.9 Å². The molecule has 0 saturated heterocycles. The fraction of sp³-hybridized carbons (Fsp3) is 0.273. The van der Waals surface area contributed by atoms with Crippen molar-refractivity contribution in [2.24, 2.45) is 0 Å². The Balaban J connectivity index is 2.28. The summed E-state index contributed by atoms with van der Waals surface area (Å²) in [5.41, 5.74) is 1.08. The van der Waals surface area contributed by atoms with Crippen LogP contribution in [-0.2, 0) is 0 Å². The Labute approximate surface area is 93.2 Å². The number of nitrogens with one attached hydrogen (secondary N) is 1. The molecule has 78 valence electrons. The van der Waals surface area contributed by atoms with Gasteiger partial charge in [0.1, 0.15) is 6.33 Å². The van der Waals surface area contributed by atoms with Crippen molar-refractivity contribution in [3.8, 4) is 10.4 Å². The number of aromatic nitrogens is 2. The van der Waals surface area contributed by atoms with E-state index in [4.69, 9.17) is 0 Å². The zero-order valence-corrected chi connectivity index (χ0v) is 9.58. The smallest absolute Gasteiger partial charge is 0.115 e. The fourth-order valence-corrected chi connectivity index (χ4v) is 2.35. The lowest BCUT2D eigenvalue weighted by molar-refractivity contribution is 0.664. The topological polar surface area (TPSA) is 37.8 Å². The van der Waals surface area contributed by atoms with Crippen molar-refractivity contribution in [3.05, 3.63) is 35.7 Å². The average molecular weight is 219 g/mol. The maximum Gasteiger partial charge on any atom is 0.115 e. The zero-order valence-electron chi connectivity index (χ0n) is 8.77. The molecule has 2 heterocycles. The lowest BCUT2D eigenvalue weighted by atomic mass is 10.2. The van der Waals surface area contributed by atoms with Gasteiger partial charge in [-0.25, -0.2) is 9.97 Å². The molecule has 0 bridgehead atoms. The molecular weight excluding hydrogens is 206 g/mol. The number of nitrogens with zero attached hydrogens (tertiary/aromatic N) is 2. The zero-order chi connectivity index (χ0) is 10.7. The Kier molecular flexibility index (Phi) is 3.08. The Morgan fingerprint density at radius 1 is 1.27 bits per heavy atom. The van der Waals surface area contributed by atoms with Crippen molar-refractivity contribution in [2.45, 2.75) is 13.0 Å². The summed E-state index contributed by atoms with van der Waals surface area (Å²) in [7, 11) is 1.97. The molecule has 4 heteroatoms. The molecule has 0 amide bonds. The highest BCUT2D eigenvalue weighted by molar-refractivity contribution is 7.15. The van der Waals surface area contributed by atoms with Crippen molar-refractivity contribution < 1.29 is 0 Å². The van der Waals surface area contributed by atoms with E-state index < -0.39 is 0 Å². The number of thiophene rings is 1. The molecular formula is C11H13N3S. The second-order valence-corrected chi connectivity index (χ2v) is 4.45. The molecule has 3 nitrogen and oxygen atoms in total. The van der Waals surface area contributed by atoms with E-state index in [1.807, 2.05) is 19.4 Å². The van der Waals surface area contributed by atoms with Crippen LogP contribution in [0.2, 0.25) is 0 Å². The van der Waals surface area contributed by atoms with Gasteiger partial charge < -0.3 is 5.32 Å². The summed E-state index contributed by atoms with van der Waals surface area (Å²) in [4.78, 5) is 10.6. The molecule has 0 aromatic carbocycles. The molecule has 0 saturated carbocycles. The minimum atomic E-state index is 0.397. The fourth-order valence-electron chi connectivity index (χ4n) is 1.31. The van der Waals surface area contributed by atoms with Gasteiger partial charge in [0.2, 0.25) is 0 Å². The van der Waals surface area contributed by atoms with Gasteiger partial charge in [0.25, 0.3) is 0 Å². The molecule has 1 N–H and O–H groups in total. The van der Waals surface area contributed by atoms with Crippen LogP contribution < -0.4 is 5.32 Å². The van der Waals surface area contributed by atoms with E-state index in [1.165, 1.54) is 9.75 Å². The molecule has 0 aliphatic rings. The van der Waals surface area contributed by atoms with Gasteiger partial charge in [-0.05, 0) is 26.1 Å². The van der Waals surface area contributed by atoms with Gasteiger partial charge in [-0.2, -0.15) is 0 Å². The first-order valence-corrected chi connectivity index (χ1v) is 5.65. The van der Waals surface area contributed by atoms with Gasteiger partial charge in [-0.15, -0.1) is 11.3 Å². The van der Waals surface area contributed by atoms with Crippen LogP contribution in [0.4, 0.5) is 0 Å². The van der Waals surface area contributed by atoms with Crippen LogP contribution in [0.5, 0.6) is 0 Å². The number of hydrogen-bond donors (Lipinski definition) is 1. The first kappa shape index (κ1) is 10.3. The standard InChI is InChI=1S/C11H13N3S/c1-8(12-2)10-3-4-11(15-10)9-5-13-7-14-6-9/h3-8,12H,1-2H3. The van der Waals surface area contributed by atoms with Gasteiger partial charge in [-0.3, -0.25) is 0 Å².